The van der Waals surface area contributed by atoms with E-state index >= 15 is 0 Å². The van der Waals surface area contributed by atoms with Crippen LogP contribution < -0.4 is 15.8 Å². The van der Waals surface area contributed by atoms with Gasteiger partial charge in [0.05, 0.1) is 17.9 Å². The van der Waals surface area contributed by atoms with Gasteiger partial charge in [0, 0.05) is 11.1 Å². The second-order valence-corrected chi connectivity index (χ2v) is 5.12. The number of thiazole rings is 1. The van der Waals surface area contributed by atoms with Crippen molar-refractivity contribution in [3.05, 3.63) is 34.8 Å². The Kier molecular flexibility index (Phi) is 4.01. The standard InChI is InChI=1S/C13H15N3O2S/c1-3-18-11-9(5-4-6-10(11)14)12(17)16-13-15-7-8(2)19-13/h4-7H,3,14H2,1-2H3,(H,15,16,17). The average molecular weight is 277 g/mol. The van der Waals surface area contributed by atoms with Crippen molar-refractivity contribution >= 4 is 28.1 Å². The third kappa shape index (κ3) is 3.03. The van der Waals surface area contributed by atoms with E-state index in [9.17, 15) is 4.79 Å². The molecule has 1 heterocycles. The molecule has 1 aromatic carbocycles. The van der Waals surface area contributed by atoms with Gasteiger partial charge in [0.25, 0.3) is 5.91 Å². The number of hydrogen-bond donors (Lipinski definition) is 2. The van der Waals surface area contributed by atoms with Gasteiger partial charge < -0.3 is 10.5 Å². The summed E-state index contributed by atoms with van der Waals surface area (Å²) >= 11 is 1.42. The van der Waals surface area contributed by atoms with Crippen LogP contribution in [0.4, 0.5) is 10.8 Å². The Hall–Kier alpha value is -2.08. The van der Waals surface area contributed by atoms with Crippen LogP contribution in [0, 0.1) is 6.92 Å². The van der Waals surface area contributed by atoms with Crippen LogP contribution in [0.1, 0.15) is 22.2 Å². The van der Waals surface area contributed by atoms with Gasteiger partial charge in [-0.1, -0.05) is 6.07 Å². The van der Waals surface area contributed by atoms with E-state index in [1.807, 2.05) is 13.8 Å². The number of hydrogen-bond acceptors (Lipinski definition) is 5. The molecule has 0 bridgehead atoms. The predicted octanol–water partition coefficient (Wildman–Crippen LogP) is 2.68. The maximum atomic E-state index is 12.2. The molecule has 0 aliphatic heterocycles. The van der Waals surface area contributed by atoms with E-state index in [4.69, 9.17) is 10.5 Å². The van der Waals surface area contributed by atoms with Gasteiger partial charge in [-0.3, -0.25) is 10.1 Å². The summed E-state index contributed by atoms with van der Waals surface area (Å²) in [6.07, 6.45) is 1.71. The molecule has 0 saturated carbocycles. The largest absolute Gasteiger partial charge is 0.491 e. The van der Waals surface area contributed by atoms with E-state index in [0.717, 1.165) is 4.88 Å². The van der Waals surface area contributed by atoms with Gasteiger partial charge in [0.15, 0.2) is 10.9 Å². The average Bonchev–Trinajstić information content (AvgIpc) is 2.77. The first-order valence-electron chi connectivity index (χ1n) is 5.87. The lowest BCUT2D eigenvalue weighted by Crippen LogP contribution is -2.14. The van der Waals surface area contributed by atoms with Crippen LogP contribution in [0.25, 0.3) is 0 Å². The Balaban J connectivity index is 2.25. The molecule has 2 aromatic rings. The quantitative estimate of drug-likeness (QED) is 0.842. The minimum absolute atomic E-state index is 0.273. The van der Waals surface area contributed by atoms with E-state index < -0.39 is 0 Å². The number of nitrogens with one attached hydrogen (secondary N) is 1. The van der Waals surface area contributed by atoms with Gasteiger partial charge in [0.2, 0.25) is 0 Å². The Labute approximate surface area is 115 Å². The fraction of sp³-hybridized carbons (Fsp3) is 0.231. The van der Waals surface area contributed by atoms with E-state index in [1.165, 1.54) is 11.3 Å². The Bertz CT molecular complexity index is 595. The third-order valence-corrected chi connectivity index (χ3v) is 3.25. The summed E-state index contributed by atoms with van der Waals surface area (Å²) in [5.41, 5.74) is 6.69. The molecule has 0 atom stereocenters. The molecule has 0 fully saturated rings. The molecule has 0 spiro atoms. The number of ether oxygens (including phenoxy) is 1. The highest BCUT2D eigenvalue weighted by Gasteiger charge is 2.16. The number of nitrogen functional groups attached to an aromatic ring is 1. The van der Waals surface area contributed by atoms with Crippen molar-refractivity contribution in [1.29, 1.82) is 0 Å². The number of carbonyl (C=O) groups excluding carboxylic acids is 1. The normalized spacial score (nSPS) is 10.2. The highest BCUT2D eigenvalue weighted by atomic mass is 32.1. The van der Waals surface area contributed by atoms with Gasteiger partial charge >= 0.3 is 0 Å². The van der Waals surface area contributed by atoms with Gasteiger partial charge in [-0.2, -0.15) is 0 Å². The summed E-state index contributed by atoms with van der Waals surface area (Å²) < 4.78 is 5.43. The van der Waals surface area contributed by atoms with Gasteiger partial charge in [-0.05, 0) is 26.0 Å². The van der Waals surface area contributed by atoms with E-state index in [0.29, 0.717) is 28.7 Å². The first kappa shape index (κ1) is 13.4. The highest BCUT2D eigenvalue weighted by molar-refractivity contribution is 7.15. The van der Waals surface area contributed by atoms with Crippen molar-refractivity contribution in [1.82, 2.24) is 4.98 Å². The van der Waals surface area contributed by atoms with Crippen molar-refractivity contribution in [2.75, 3.05) is 17.7 Å². The zero-order chi connectivity index (χ0) is 13.8. The smallest absolute Gasteiger partial charge is 0.261 e. The number of carbonyl (C=O) groups is 1. The molecule has 3 N–H and O–H groups in total. The second-order valence-electron chi connectivity index (χ2n) is 3.89. The molecule has 5 nitrogen and oxygen atoms in total. The molecule has 0 aliphatic rings. The van der Waals surface area contributed by atoms with E-state index in [2.05, 4.69) is 10.3 Å². The molecule has 1 amide bonds. The molecule has 0 aliphatic carbocycles. The van der Waals surface area contributed by atoms with Crippen molar-refractivity contribution < 1.29 is 9.53 Å². The van der Waals surface area contributed by atoms with Crippen LogP contribution in [0.5, 0.6) is 5.75 Å². The summed E-state index contributed by atoms with van der Waals surface area (Å²) in [5.74, 6) is 0.140. The number of rotatable bonds is 4. The Morgan fingerprint density at radius 1 is 1.53 bits per heavy atom. The number of para-hydroxylation sites is 1. The van der Waals surface area contributed by atoms with Crippen molar-refractivity contribution in [2.45, 2.75) is 13.8 Å². The lowest BCUT2D eigenvalue weighted by molar-refractivity contribution is 0.102. The molecule has 0 saturated heterocycles. The van der Waals surface area contributed by atoms with Gasteiger partial charge in [-0.25, -0.2) is 4.98 Å². The summed E-state index contributed by atoms with van der Waals surface area (Å²) in [6.45, 7) is 4.22. The molecular formula is C13H15N3O2S. The van der Waals surface area contributed by atoms with Crippen molar-refractivity contribution in [3.63, 3.8) is 0 Å². The summed E-state index contributed by atoms with van der Waals surface area (Å²) in [4.78, 5) is 17.3. The molecule has 100 valence electrons. The maximum Gasteiger partial charge on any atom is 0.261 e. The zero-order valence-corrected chi connectivity index (χ0v) is 11.6. The third-order valence-electron chi connectivity index (χ3n) is 2.42. The number of amides is 1. The molecular weight excluding hydrogens is 262 g/mol. The van der Waals surface area contributed by atoms with Crippen LogP contribution >= 0.6 is 11.3 Å². The molecule has 0 unspecified atom stereocenters. The molecule has 19 heavy (non-hydrogen) atoms. The fourth-order valence-electron chi connectivity index (χ4n) is 1.62. The number of nitrogens with zero attached hydrogens (tertiary/aromatic N) is 1. The van der Waals surface area contributed by atoms with Crippen LogP contribution in [0.3, 0.4) is 0 Å². The SMILES string of the molecule is CCOc1c(N)cccc1C(=O)Nc1ncc(C)s1. The Morgan fingerprint density at radius 3 is 2.95 bits per heavy atom. The van der Waals surface area contributed by atoms with Crippen LogP contribution in [-0.2, 0) is 0 Å². The van der Waals surface area contributed by atoms with Gasteiger partial charge in [-0.15, -0.1) is 11.3 Å². The maximum absolute atomic E-state index is 12.2. The molecule has 1 aromatic heterocycles. The first-order valence-corrected chi connectivity index (χ1v) is 6.68. The molecule has 6 heteroatoms. The summed E-state index contributed by atoms with van der Waals surface area (Å²) in [6, 6.07) is 5.10. The van der Waals surface area contributed by atoms with Crippen LogP contribution in [-0.4, -0.2) is 17.5 Å². The number of nitrogens with two attached hydrogens (primary N) is 1. The first-order chi connectivity index (χ1) is 9.11. The molecule has 0 radical (unpaired) electrons. The van der Waals surface area contributed by atoms with Crippen molar-refractivity contribution in [3.8, 4) is 5.75 Å². The molecule has 2 rings (SSSR count). The number of benzene rings is 1. The Morgan fingerprint density at radius 2 is 2.32 bits per heavy atom. The highest BCUT2D eigenvalue weighted by Crippen LogP contribution is 2.27. The minimum Gasteiger partial charge on any atom is -0.491 e. The lowest BCUT2D eigenvalue weighted by Gasteiger charge is -2.11. The van der Waals surface area contributed by atoms with E-state index in [1.54, 1.807) is 24.4 Å². The van der Waals surface area contributed by atoms with E-state index in [-0.39, 0.29) is 5.91 Å². The topological polar surface area (TPSA) is 77.2 Å². The predicted molar refractivity (Wildman–Crippen MR) is 76.8 cm³/mol. The number of aromatic nitrogens is 1. The summed E-state index contributed by atoms with van der Waals surface area (Å²) in [7, 11) is 0. The number of aryl methyl sites for hydroxylation is 1. The van der Waals surface area contributed by atoms with Gasteiger partial charge in [0.1, 0.15) is 0 Å². The van der Waals surface area contributed by atoms with Crippen molar-refractivity contribution in [2.24, 2.45) is 0 Å². The fourth-order valence-corrected chi connectivity index (χ4v) is 2.28. The van der Waals surface area contributed by atoms with Crippen LogP contribution in [0.2, 0.25) is 0 Å². The minimum atomic E-state index is -0.273. The second kappa shape index (κ2) is 5.71. The summed E-state index contributed by atoms with van der Waals surface area (Å²) in [5, 5.41) is 3.30. The zero-order valence-electron chi connectivity index (χ0n) is 10.8. The lowest BCUT2D eigenvalue weighted by atomic mass is 10.1. The monoisotopic (exact) mass is 277 g/mol. The van der Waals surface area contributed by atoms with Crippen LogP contribution in [0.15, 0.2) is 24.4 Å². The number of anilines is 2.